The number of thiophene rings is 1. The van der Waals surface area contributed by atoms with E-state index in [4.69, 9.17) is 0 Å². The van der Waals surface area contributed by atoms with Gasteiger partial charge in [-0.15, -0.1) is 11.3 Å². The molecule has 3 N–H and O–H groups in total. The zero-order valence-electron chi connectivity index (χ0n) is 16.8. The molecule has 0 spiro atoms. The van der Waals surface area contributed by atoms with Crippen LogP contribution in [0, 0.1) is 6.92 Å². The number of hydrogen-bond acceptors (Lipinski definition) is 5. The lowest BCUT2D eigenvalue weighted by Crippen LogP contribution is -2.49. The summed E-state index contributed by atoms with van der Waals surface area (Å²) in [5.74, 6) is -1.45. The monoisotopic (exact) mass is 408 g/mol. The number of imide groups is 1. The van der Waals surface area contributed by atoms with Crippen molar-refractivity contribution in [2.24, 2.45) is 0 Å². The maximum absolute atomic E-state index is 12.8. The maximum Gasteiger partial charge on any atom is 0.325 e. The quantitative estimate of drug-likeness (QED) is 0.453. The standard InChI is InChI=1S/C19H28N4O4S/c1-5-8-19(9-6-2)17(26)23(18(27)20-19)11-15(24)21-22-16(25)14-10-12(4)13(7-3)28-14/h10H,5-9,11H2,1-4H3,(H,20,27)(H,21,24)(H,22,25). The Labute approximate surface area is 169 Å². The van der Waals surface area contributed by atoms with E-state index in [0.29, 0.717) is 17.7 Å². The predicted octanol–water partition coefficient (Wildman–Crippen LogP) is 2.27. The van der Waals surface area contributed by atoms with Crippen molar-refractivity contribution in [3.63, 3.8) is 0 Å². The molecule has 9 heteroatoms. The highest BCUT2D eigenvalue weighted by atomic mass is 32.1. The molecule has 2 heterocycles. The molecule has 0 aromatic carbocycles. The summed E-state index contributed by atoms with van der Waals surface area (Å²) >= 11 is 1.37. The Balaban J connectivity index is 1.95. The first-order chi connectivity index (χ1) is 13.3. The van der Waals surface area contributed by atoms with E-state index >= 15 is 0 Å². The second-order valence-corrected chi connectivity index (χ2v) is 8.11. The number of aryl methyl sites for hydroxylation is 2. The molecule has 1 aliphatic rings. The molecule has 1 aromatic rings. The van der Waals surface area contributed by atoms with Crippen LogP contribution in [0.25, 0.3) is 0 Å². The molecule has 0 atom stereocenters. The van der Waals surface area contributed by atoms with Gasteiger partial charge in [0, 0.05) is 4.88 Å². The van der Waals surface area contributed by atoms with Crippen LogP contribution in [0.15, 0.2) is 6.07 Å². The number of nitrogens with zero attached hydrogens (tertiary/aromatic N) is 1. The zero-order chi connectivity index (χ0) is 20.9. The molecule has 2 rings (SSSR count). The molecule has 154 valence electrons. The maximum atomic E-state index is 12.8. The van der Waals surface area contributed by atoms with Crippen molar-refractivity contribution < 1.29 is 19.2 Å². The Morgan fingerprint density at radius 1 is 1.14 bits per heavy atom. The molecule has 0 radical (unpaired) electrons. The van der Waals surface area contributed by atoms with Crippen LogP contribution >= 0.6 is 11.3 Å². The van der Waals surface area contributed by atoms with Crippen molar-refractivity contribution in [1.29, 1.82) is 0 Å². The molecule has 1 saturated heterocycles. The number of carbonyl (C=O) groups is 4. The van der Waals surface area contributed by atoms with Crippen LogP contribution in [0.4, 0.5) is 4.79 Å². The van der Waals surface area contributed by atoms with E-state index in [1.807, 2.05) is 27.7 Å². The Morgan fingerprint density at radius 3 is 2.32 bits per heavy atom. The average Bonchev–Trinajstić information content (AvgIpc) is 3.13. The lowest BCUT2D eigenvalue weighted by atomic mass is 9.88. The first-order valence-corrected chi connectivity index (χ1v) is 10.4. The van der Waals surface area contributed by atoms with Crippen LogP contribution in [-0.4, -0.2) is 40.7 Å². The molecule has 0 aliphatic carbocycles. The van der Waals surface area contributed by atoms with Gasteiger partial charge in [0.25, 0.3) is 17.7 Å². The van der Waals surface area contributed by atoms with Crippen molar-refractivity contribution >= 4 is 35.1 Å². The molecule has 0 unspecified atom stereocenters. The molecular weight excluding hydrogens is 380 g/mol. The fraction of sp³-hybridized carbons (Fsp3) is 0.579. The smallest absolute Gasteiger partial charge is 0.323 e. The van der Waals surface area contributed by atoms with Gasteiger partial charge in [-0.3, -0.25) is 30.1 Å². The predicted molar refractivity (Wildman–Crippen MR) is 107 cm³/mol. The zero-order valence-corrected chi connectivity index (χ0v) is 17.6. The van der Waals surface area contributed by atoms with Crippen molar-refractivity contribution in [1.82, 2.24) is 21.1 Å². The van der Waals surface area contributed by atoms with Crippen LogP contribution < -0.4 is 16.2 Å². The van der Waals surface area contributed by atoms with Gasteiger partial charge in [-0.25, -0.2) is 4.79 Å². The molecule has 28 heavy (non-hydrogen) atoms. The van der Waals surface area contributed by atoms with Gasteiger partial charge in [-0.05, 0) is 37.8 Å². The molecular formula is C19H28N4O4S. The van der Waals surface area contributed by atoms with E-state index in [1.165, 1.54) is 11.3 Å². The van der Waals surface area contributed by atoms with Crippen molar-refractivity contribution in [2.75, 3.05) is 6.54 Å². The molecule has 5 amide bonds. The number of urea groups is 1. The molecule has 1 fully saturated rings. The van der Waals surface area contributed by atoms with Gasteiger partial charge in [0.2, 0.25) is 0 Å². The molecule has 1 aliphatic heterocycles. The highest BCUT2D eigenvalue weighted by molar-refractivity contribution is 7.14. The second kappa shape index (κ2) is 9.18. The molecule has 0 bridgehead atoms. The Morgan fingerprint density at radius 2 is 1.79 bits per heavy atom. The average molecular weight is 409 g/mol. The van der Waals surface area contributed by atoms with Crippen molar-refractivity contribution in [3.8, 4) is 0 Å². The fourth-order valence-corrected chi connectivity index (χ4v) is 4.50. The number of carbonyl (C=O) groups excluding carboxylic acids is 4. The number of hydrazine groups is 1. The summed E-state index contributed by atoms with van der Waals surface area (Å²) in [5.41, 5.74) is 4.72. The minimum atomic E-state index is -0.935. The second-order valence-electron chi connectivity index (χ2n) is 6.98. The Hall–Kier alpha value is -2.42. The van der Waals surface area contributed by atoms with E-state index in [0.717, 1.165) is 34.6 Å². The first-order valence-electron chi connectivity index (χ1n) is 9.60. The summed E-state index contributed by atoms with van der Waals surface area (Å²) in [6, 6.07) is 1.20. The van der Waals surface area contributed by atoms with Gasteiger partial charge in [0.15, 0.2) is 0 Å². The first kappa shape index (κ1) is 21.9. The van der Waals surface area contributed by atoms with Gasteiger partial charge in [0.05, 0.1) is 4.88 Å². The van der Waals surface area contributed by atoms with Crippen LogP contribution in [0.2, 0.25) is 0 Å². The van der Waals surface area contributed by atoms with Crippen molar-refractivity contribution in [2.45, 2.75) is 65.3 Å². The van der Waals surface area contributed by atoms with Crippen LogP contribution in [0.1, 0.15) is 66.6 Å². The molecule has 0 saturated carbocycles. The van der Waals surface area contributed by atoms with Gasteiger partial charge in [0.1, 0.15) is 12.1 Å². The number of rotatable bonds is 8. The van der Waals surface area contributed by atoms with Gasteiger partial charge < -0.3 is 5.32 Å². The third-order valence-electron chi connectivity index (χ3n) is 4.78. The van der Waals surface area contributed by atoms with E-state index in [1.54, 1.807) is 6.07 Å². The summed E-state index contributed by atoms with van der Waals surface area (Å²) < 4.78 is 0. The van der Waals surface area contributed by atoms with Crippen LogP contribution in [0.3, 0.4) is 0 Å². The topological polar surface area (TPSA) is 108 Å². The minimum absolute atomic E-state index is 0.385. The largest absolute Gasteiger partial charge is 0.325 e. The van der Waals surface area contributed by atoms with E-state index in [-0.39, 0.29) is 5.91 Å². The lowest BCUT2D eigenvalue weighted by molar-refractivity contribution is -0.135. The highest BCUT2D eigenvalue weighted by Crippen LogP contribution is 2.27. The number of nitrogens with one attached hydrogen (secondary N) is 3. The third kappa shape index (κ3) is 4.52. The van der Waals surface area contributed by atoms with Gasteiger partial charge in [-0.1, -0.05) is 33.6 Å². The summed E-state index contributed by atoms with van der Waals surface area (Å²) in [7, 11) is 0. The summed E-state index contributed by atoms with van der Waals surface area (Å²) in [6.45, 7) is 7.39. The van der Waals surface area contributed by atoms with Crippen LogP contribution in [0.5, 0.6) is 0 Å². The summed E-state index contributed by atoms with van der Waals surface area (Å²) in [6.07, 6.45) is 3.36. The summed E-state index contributed by atoms with van der Waals surface area (Å²) in [4.78, 5) is 51.9. The normalized spacial score (nSPS) is 15.5. The van der Waals surface area contributed by atoms with Gasteiger partial charge in [-0.2, -0.15) is 0 Å². The summed E-state index contributed by atoms with van der Waals surface area (Å²) in [5, 5.41) is 2.75. The van der Waals surface area contributed by atoms with E-state index in [9.17, 15) is 19.2 Å². The minimum Gasteiger partial charge on any atom is -0.323 e. The van der Waals surface area contributed by atoms with Gasteiger partial charge >= 0.3 is 6.03 Å². The van der Waals surface area contributed by atoms with E-state index < -0.39 is 29.9 Å². The number of hydrogen-bond donors (Lipinski definition) is 3. The van der Waals surface area contributed by atoms with Crippen molar-refractivity contribution in [3.05, 3.63) is 21.4 Å². The fourth-order valence-electron chi connectivity index (χ4n) is 3.49. The van der Waals surface area contributed by atoms with E-state index in [2.05, 4.69) is 16.2 Å². The Kier molecular flexibility index (Phi) is 7.17. The number of amides is 5. The third-order valence-corrected chi connectivity index (χ3v) is 6.16. The molecule has 1 aromatic heterocycles. The molecule has 8 nitrogen and oxygen atoms in total. The Bertz CT molecular complexity index is 768. The lowest BCUT2D eigenvalue weighted by Gasteiger charge is -2.25. The highest BCUT2D eigenvalue weighted by Gasteiger charge is 2.50. The van der Waals surface area contributed by atoms with Crippen LogP contribution in [-0.2, 0) is 16.0 Å². The SMILES string of the molecule is CCCC1(CCC)NC(=O)N(CC(=O)NNC(=O)c2cc(C)c(CC)s2)C1=O.